The van der Waals surface area contributed by atoms with Crippen molar-refractivity contribution in [3.63, 3.8) is 0 Å². The minimum Gasteiger partial charge on any atom is -0.268 e. The predicted molar refractivity (Wildman–Crippen MR) is 42.6 cm³/mol. The number of amides is 2. The SMILES string of the molecule is CCNN1C(=O)C=C(S)C1=O. The van der Waals surface area contributed by atoms with E-state index in [2.05, 4.69) is 18.1 Å². The summed E-state index contributed by atoms with van der Waals surface area (Å²) in [6.45, 7) is 2.34. The molecule has 0 saturated heterocycles. The molecule has 1 heterocycles. The van der Waals surface area contributed by atoms with Gasteiger partial charge in [0.2, 0.25) is 0 Å². The third-order valence-electron chi connectivity index (χ3n) is 1.22. The Balaban J connectivity index is 2.73. The van der Waals surface area contributed by atoms with Gasteiger partial charge in [0.25, 0.3) is 11.8 Å². The minimum absolute atomic E-state index is 0.177. The first kappa shape index (κ1) is 8.29. The molecule has 4 nitrogen and oxygen atoms in total. The lowest BCUT2D eigenvalue weighted by molar-refractivity contribution is -0.140. The van der Waals surface area contributed by atoms with Crippen LogP contribution in [0.5, 0.6) is 0 Å². The van der Waals surface area contributed by atoms with Gasteiger partial charge >= 0.3 is 0 Å². The number of imide groups is 1. The number of nitrogens with zero attached hydrogens (tertiary/aromatic N) is 1. The largest absolute Gasteiger partial charge is 0.281 e. The zero-order chi connectivity index (χ0) is 8.43. The van der Waals surface area contributed by atoms with Crippen LogP contribution >= 0.6 is 12.6 Å². The molecule has 1 aliphatic heterocycles. The van der Waals surface area contributed by atoms with Crippen molar-refractivity contribution in [1.29, 1.82) is 0 Å². The van der Waals surface area contributed by atoms with E-state index >= 15 is 0 Å². The first-order chi connectivity index (χ1) is 5.16. The zero-order valence-electron chi connectivity index (χ0n) is 6.00. The van der Waals surface area contributed by atoms with E-state index < -0.39 is 0 Å². The van der Waals surface area contributed by atoms with E-state index in [9.17, 15) is 9.59 Å². The van der Waals surface area contributed by atoms with Crippen molar-refractivity contribution < 1.29 is 9.59 Å². The fraction of sp³-hybridized carbons (Fsp3) is 0.333. The van der Waals surface area contributed by atoms with Gasteiger partial charge in [0.1, 0.15) is 0 Å². The van der Waals surface area contributed by atoms with Crippen LogP contribution in [-0.4, -0.2) is 23.4 Å². The maximum atomic E-state index is 11.0. The molecule has 11 heavy (non-hydrogen) atoms. The van der Waals surface area contributed by atoms with E-state index in [4.69, 9.17) is 0 Å². The summed E-state index contributed by atoms with van der Waals surface area (Å²) in [7, 11) is 0. The van der Waals surface area contributed by atoms with E-state index in [0.717, 1.165) is 5.01 Å². The molecule has 0 spiro atoms. The monoisotopic (exact) mass is 172 g/mol. The molecular weight excluding hydrogens is 164 g/mol. The van der Waals surface area contributed by atoms with E-state index in [0.29, 0.717) is 6.54 Å². The summed E-state index contributed by atoms with van der Waals surface area (Å²) in [5, 5.41) is 0.947. The highest BCUT2D eigenvalue weighted by molar-refractivity contribution is 7.85. The molecule has 5 heteroatoms. The molecule has 1 N–H and O–H groups in total. The summed E-state index contributed by atoms with van der Waals surface area (Å²) in [5.41, 5.74) is 2.61. The van der Waals surface area contributed by atoms with Crippen LogP contribution in [0.15, 0.2) is 11.0 Å². The summed E-state index contributed by atoms with van der Waals surface area (Å²) >= 11 is 3.81. The first-order valence-electron chi connectivity index (χ1n) is 3.19. The second-order valence-corrected chi connectivity index (χ2v) is 2.50. The normalized spacial score (nSPS) is 17.6. The van der Waals surface area contributed by atoms with Crippen LogP contribution in [0.1, 0.15) is 6.92 Å². The molecule has 0 unspecified atom stereocenters. The third kappa shape index (κ3) is 1.44. The Hall–Kier alpha value is -0.810. The average molecular weight is 172 g/mol. The van der Waals surface area contributed by atoms with Gasteiger partial charge in [0.15, 0.2) is 0 Å². The maximum Gasteiger partial charge on any atom is 0.281 e. The van der Waals surface area contributed by atoms with Crippen molar-refractivity contribution in [3.05, 3.63) is 11.0 Å². The van der Waals surface area contributed by atoms with Crippen LogP contribution in [0.2, 0.25) is 0 Å². The third-order valence-corrected chi connectivity index (χ3v) is 1.54. The number of hydrazine groups is 1. The highest BCUT2D eigenvalue weighted by Gasteiger charge is 2.28. The number of carbonyl (C=O) groups excluding carboxylic acids is 2. The predicted octanol–water partition coefficient (Wildman–Crippen LogP) is -0.307. The number of hydrogen-bond donors (Lipinski definition) is 2. The molecule has 0 aromatic heterocycles. The van der Waals surface area contributed by atoms with Gasteiger partial charge < -0.3 is 0 Å². The maximum absolute atomic E-state index is 11.0. The number of rotatable bonds is 2. The van der Waals surface area contributed by atoms with Crippen LogP contribution in [-0.2, 0) is 9.59 Å². The molecule has 0 aromatic carbocycles. The van der Waals surface area contributed by atoms with E-state index in [-0.39, 0.29) is 16.7 Å². The van der Waals surface area contributed by atoms with Crippen molar-refractivity contribution >= 4 is 24.4 Å². The van der Waals surface area contributed by atoms with Crippen molar-refractivity contribution in [2.75, 3.05) is 6.54 Å². The average Bonchev–Trinajstić information content (AvgIpc) is 2.17. The number of nitrogens with one attached hydrogen (secondary N) is 1. The molecule has 0 aromatic rings. The van der Waals surface area contributed by atoms with Crippen molar-refractivity contribution in [3.8, 4) is 0 Å². The molecule has 0 bridgehead atoms. The number of hydrogen-bond acceptors (Lipinski definition) is 4. The standard InChI is InChI=1S/C6H8N2O2S/c1-2-7-8-5(9)3-4(11)6(8)10/h3,7,11H,2H2,1H3. The quantitative estimate of drug-likeness (QED) is 0.444. The Kier molecular flexibility index (Phi) is 2.31. The molecule has 0 aliphatic carbocycles. The molecule has 0 saturated carbocycles. The van der Waals surface area contributed by atoms with Gasteiger partial charge in [-0.05, 0) is 0 Å². The van der Waals surface area contributed by atoms with Crippen LogP contribution < -0.4 is 5.43 Å². The van der Waals surface area contributed by atoms with Crippen molar-refractivity contribution in [2.24, 2.45) is 0 Å². The molecule has 0 fully saturated rings. The van der Waals surface area contributed by atoms with Gasteiger partial charge in [-0.2, -0.15) is 0 Å². The summed E-state index contributed by atoms with van der Waals surface area (Å²) in [4.78, 5) is 22.1. The highest BCUT2D eigenvalue weighted by Crippen LogP contribution is 2.12. The first-order valence-corrected chi connectivity index (χ1v) is 3.64. The molecule has 1 rings (SSSR count). The second kappa shape index (κ2) is 3.06. The molecular formula is C6H8N2O2S. The van der Waals surface area contributed by atoms with Gasteiger partial charge in [-0.3, -0.25) is 9.59 Å². The number of thiol groups is 1. The van der Waals surface area contributed by atoms with Gasteiger partial charge in [0.05, 0.1) is 4.91 Å². The Labute approximate surface area is 69.6 Å². The Morgan fingerprint density at radius 1 is 1.64 bits per heavy atom. The molecule has 1 aliphatic rings. The topological polar surface area (TPSA) is 49.4 Å². The van der Waals surface area contributed by atoms with E-state index in [1.165, 1.54) is 6.08 Å². The summed E-state index contributed by atoms with van der Waals surface area (Å²) in [6.07, 6.45) is 1.19. The Bertz CT molecular complexity index is 237. The van der Waals surface area contributed by atoms with Crippen LogP contribution in [0.4, 0.5) is 0 Å². The molecule has 2 amide bonds. The van der Waals surface area contributed by atoms with Crippen LogP contribution in [0.25, 0.3) is 0 Å². The Morgan fingerprint density at radius 3 is 2.64 bits per heavy atom. The molecule has 60 valence electrons. The smallest absolute Gasteiger partial charge is 0.268 e. The fourth-order valence-electron chi connectivity index (χ4n) is 0.766. The van der Waals surface area contributed by atoms with Gasteiger partial charge in [-0.15, -0.1) is 12.6 Å². The summed E-state index contributed by atoms with van der Waals surface area (Å²) in [6, 6.07) is 0. The van der Waals surface area contributed by atoms with Crippen LogP contribution in [0, 0.1) is 0 Å². The fourth-order valence-corrected chi connectivity index (χ4v) is 0.976. The van der Waals surface area contributed by atoms with Crippen molar-refractivity contribution in [2.45, 2.75) is 6.92 Å². The summed E-state index contributed by atoms with van der Waals surface area (Å²) < 4.78 is 0. The van der Waals surface area contributed by atoms with Gasteiger partial charge in [-0.1, -0.05) is 6.92 Å². The number of carbonyl (C=O) groups is 2. The molecule has 0 radical (unpaired) electrons. The van der Waals surface area contributed by atoms with Crippen molar-refractivity contribution in [1.82, 2.24) is 10.4 Å². The lowest BCUT2D eigenvalue weighted by Crippen LogP contribution is -2.42. The lowest BCUT2D eigenvalue weighted by atomic mass is 10.6. The minimum atomic E-state index is -0.389. The Morgan fingerprint density at radius 2 is 2.27 bits per heavy atom. The molecule has 0 atom stereocenters. The second-order valence-electron chi connectivity index (χ2n) is 2.02. The zero-order valence-corrected chi connectivity index (χ0v) is 6.89. The van der Waals surface area contributed by atoms with E-state index in [1.807, 2.05) is 0 Å². The van der Waals surface area contributed by atoms with E-state index in [1.54, 1.807) is 6.92 Å². The summed E-state index contributed by atoms with van der Waals surface area (Å²) in [5.74, 6) is -0.748. The van der Waals surface area contributed by atoms with Gasteiger partial charge in [-0.25, -0.2) is 10.4 Å². The lowest BCUT2D eigenvalue weighted by Gasteiger charge is -2.12. The van der Waals surface area contributed by atoms with Gasteiger partial charge in [0, 0.05) is 12.6 Å². The van der Waals surface area contributed by atoms with Crippen LogP contribution in [0.3, 0.4) is 0 Å². The highest BCUT2D eigenvalue weighted by atomic mass is 32.1.